The van der Waals surface area contributed by atoms with Crippen LogP contribution in [0.1, 0.15) is 0 Å². The number of benzene rings is 5. The van der Waals surface area contributed by atoms with Gasteiger partial charge in [0.15, 0.2) is 0 Å². The first-order valence-corrected chi connectivity index (χ1v) is 14.0. The molecule has 42 heavy (non-hydrogen) atoms. The van der Waals surface area contributed by atoms with Gasteiger partial charge in [-0.1, -0.05) is 48.5 Å². The maximum absolute atomic E-state index is 5.34. The lowest BCUT2D eigenvalue weighted by Crippen LogP contribution is -1.92. The van der Waals surface area contributed by atoms with Crippen LogP contribution < -0.4 is 0 Å². The number of pyridine rings is 4. The van der Waals surface area contributed by atoms with Gasteiger partial charge in [0.2, 0.25) is 0 Å². The van der Waals surface area contributed by atoms with E-state index in [1.165, 1.54) is 26.9 Å². The van der Waals surface area contributed by atoms with Crippen LogP contribution in [-0.2, 0) is 0 Å². The fourth-order valence-electron chi connectivity index (χ4n) is 6.42. The summed E-state index contributed by atoms with van der Waals surface area (Å²) in [7, 11) is 0. The van der Waals surface area contributed by atoms with Crippen molar-refractivity contribution in [2.45, 2.75) is 0 Å². The lowest BCUT2D eigenvalue weighted by molar-refractivity contribution is 1.32. The van der Waals surface area contributed by atoms with E-state index < -0.39 is 0 Å². The van der Waals surface area contributed by atoms with Crippen LogP contribution in [-0.4, -0.2) is 19.9 Å². The van der Waals surface area contributed by atoms with Crippen LogP contribution >= 0.6 is 0 Å². The molecule has 0 radical (unpaired) electrons. The third-order valence-corrected chi connectivity index (χ3v) is 8.34. The zero-order valence-electron chi connectivity index (χ0n) is 22.5. The van der Waals surface area contributed by atoms with E-state index in [1.54, 1.807) is 12.4 Å². The largest absolute Gasteiger partial charge is 0.264 e. The Bertz CT molecular complexity index is 2390. The van der Waals surface area contributed by atoms with Crippen LogP contribution in [0.3, 0.4) is 0 Å². The van der Waals surface area contributed by atoms with E-state index in [0.29, 0.717) is 0 Å². The zero-order chi connectivity index (χ0) is 27.6. The van der Waals surface area contributed by atoms with E-state index in [9.17, 15) is 0 Å². The highest BCUT2D eigenvalue weighted by atomic mass is 14.7. The number of nitrogens with zero attached hydrogens (tertiary/aromatic N) is 4. The average molecular weight is 535 g/mol. The molecule has 5 aromatic carbocycles. The lowest BCUT2D eigenvalue weighted by atomic mass is 9.91. The SMILES string of the molecule is c1cncc(-c2cc(-c3cccnc3)cc(-c3ccc4cc5ccc6cc7cccnc7c7ccc(c4n3)c5c67)c2)c1. The molecule has 0 bridgehead atoms. The molecule has 0 aliphatic carbocycles. The Morgan fingerprint density at radius 2 is 0.976 bits per heavy atom. The van der Waals surface area contributed by atoms with Gasteiger partial charge in [0.25, 0.3) is 0 Å². The standard InChI is InChI=1S/C38H22N4/c1-5-27(21-39-13-1)29-18-30(28-6-2-14-40-22-28)20-31(19-29)34-12-9-26-17-24-8-7-23-16-25-4-3-15-41-37(25)32-10-11-33(38(26)42-34)36(24)35(23)32/h1-22H. The third kappa shape index (κ3) is 3.49. The molecular weight excluding hydrogens is 512 g/mol. The summed E-state index contributed by atoms with van der Waals surface area (Å²) in [5.41, 5.74) is 8.34. The molecule has 0 N–H and O–H groups in total. The summed E-state index contributed by atoms with van der Waals surface area (Å²) in [6.45, 7) is 0. The first kappa shape index (κ1) is 23.0. The van der Waals surface area contributed by atoms with Gasteiger partial charge in [0.1, 0.15) is 0 Å². The molecule has 0 saturated heterocycles. The van der Waals surface area contributed by atoms with Crippen molar-refractivity contribution in [2.75, 3.05) is 0 Å². The quantitative estimate of drug-likeness (QED) is 0.167. The minimum Gasteiger partial charge on any atom is -0.264 e. The van der Waals surface area contributed by atoms with Crippen LogP contribution in [0.25, 0.3) is 87.6 Å². The lowest BCUT2D eigenvalue weighted by Gasteiger charge is -2.15. The third-order valence-electron chi connectivity index (χ3n) is 8.34. The molecule has 0 atom stereocenters. The first-order chi connectivity index (χ1) is 20.8. The Labute approximate surface area is 241 Å². The molecule has 0 saturated carbocycles. The van der Waals surface area contributed by atoms with Crippen molar-refractivity contribution in [1.82, 2.24) is 19.9 Å². The van der Waals surface area contributed by atoms with Gasteiger partial charge in [-0.2, -0.15) is 0 Å². The summed E-state index contributed by atoms with van der Waals surface area (Å²) in [5, 5.41) is 9.57. The summed E-state index contributed by atoms with van der Waals surface area (Å²) >= 11 is 0. The van der Waals surface area contributed by atoms with Crippen molar-refractivity contribution in [3.05, 3.63) is 134 Å². The van der Waals surface area contributed by atoms with Gasteiger partial charge in [-0.25, -0.2) is 4.98 Å². The van der Waals surface area contributed by atoms with Crippen molar-refractivity contribution in [3.63, 3.8) is 0 Å². The molecule has 0 unspecified atom stereocenters. The molecule has 4 heterocycles. The Hall–Kier alpha value is -5.74. The highest BCUT2D eigenvalue weighted by Gasteiger charge is 2.16. The van der Waals surface area contributed by atoms with E-state index in [2.05, 4.69) is 94.9 Å². The van der Waals surface area contributed by atoms with Gasteiger partial charge < -0.3 is 0 Å². The van der Waals surface area contributed by atoms with Gasteiger partial charge in [0, 0.05) is 69.2 Å². The highest BCUT2D eigenvalue weighted by Crippen LogP contribution is 2.41. The molecule has 4 aromatic heterocycles. The normalized spacial score (nSPS) is 11.8. The van der Waals surface area contributed by atoms with Crippen LogP contribution in [0.5, 0.6) is 0 Å². The average Bonchev–Trinajstić information content (AvgIpc) is 3.07. The second-order valence-corrected chi connectivity index (χ2v) is 10.8. The summed E-state index contributed by atoms with van der Waals surface area (Å²) in [5.74, 6) is 0. The van der Waals surface area contributed by atoms with Crippen molar-refractivity contribution in [1.29, 1.82) is 0 Å². The predicted molar refractivity (Wildman–Crippen MR) is 173 cm³/mol. The predicted octanol–water partition coefficient (Wildman–Crippen LogP) is 9.47. The monoisotopic (exact) mass is 534 g/mol. The highest BCUT2D eigenvalue weighted by molar-refractivity contribution is 6.31. The molecule has 0 aliphatic heterocycles. The fraction of sp³-hybridized carbons (Fsp3) is 0. The Morgan fingerprint density at radius 3 is 1.62 bits per heavy atom. The summed E-state index contributed by atoms with van der Waals surface area (Å²) in [6.07, 6.45) is 9.29. The molecule has 0 fully saturated rings. The zero-order valence-corrected chi connectivity index (χ0v) is 22.5. The van der Waals surface area contributed by atoms with E-state index in [-0.39, 0.29) is 0 Å². The molecule has 194 valence electrons. The van der Waals surface area contributed by atoms with Crippen LogP contribution in [0.15, 0.2) is 134 Å². The summed E-state index contributed by atoms with van der Waals surface area (Å²) in [4.78, 5) is 18.8. The van der Waals surface area contributed by atoms with E-state index in [0.717, 1.165) is 60.7 Å². The van der Waals surface area contributed by atoms with Gasteiger partial charge in [-0.15, -0.1) is 0 Å². The molecule has 0 aliphatic rings. The van der Waals surface area contributed by atoms with Gasteiger partial charge in [0.05, 0.1) is 16.7 Å². The Balaban J connectivity index is 1.31. The first-order valence-electron chi connectivity index (χ1n) is 14.0. The van der Waals surface area contributed by atoms with Crippen LogP contribution in [0.4, 0.5) is 0 Å². The molecule has 4 nitrogen and oxygen atoms in total. The second kappa shape index (κ2) is 8.88. The number of fused-ring (bicyclic) bond motifs is 4. The topological polar surface area (TPSA) is 51.6 Å². The van der Waals surface area contributed by atoms with Crippen LogP contribution in [0, 0.1) is 0 Å². The molecule has 0 spiro atoms. The van der Waals surface area contributed by atoms with E-state index >= 15 is 0 Å². The van der Waals surface area contributed by atoms with E-state index in [4.69, 9.17) is 9.97 Å². The Morgan fingerprint density at radius 1 is 0.405 bits per heavy atom. The maximum atomic E-state index is 5.34. The number of hydrogen-bond donors (Lipinski definition) is 0. The summed E-state index contributed by atoms with van der Waals surface area (Å²) in [6, 6.07) is 36.6. The molecule has 9 rings (SSSR count). The Kier molecular flexibility index (Phi) is 4.87. The van der Waals surface area contributed by atoms with Gasteiger partial charge in [-0.05, 0) is 87.3 Å². The number of aromatic nitrogens is 4. The summed E-state index contributed by atoms with van der Waals surface area (Å²) < 4.78 is 0. The number of rotatable bonds is 3. The molecular formula is C38H22N4. The number of hydrogen-bond acceptors (Lipinski definition) is 4. The maximum Gasteiger partial charge on any atom is 0.0788 e. The van der Waals surface area contributed by atoms with Gasteiger partial charge in [-0.3, -0.25) is 15.0 Å². The van der Waals surface area contributed by atoms with Crippen molar-refractivity contribution in [2.24, 2.45) is 0 Å². The second-order valence-electron chi connectivity index (χ2n) is 10.8. The van der Waals surface area contributed by atoms with Gasteiger partial charge >= 0.3 is 0 Å². The molecule has 4 heteroatoms. The van der Waals surface area contributed by atoms with E-state index in [1.807, 2.05) is 36.8 Å². The van der Waals surface area contributed by atoms with Crippen molar-refractivity contribution in [3.8, 4) is 33.5 Å². The van der Waals surface area contributed by atoms with Crippen molar-refractivity contribution < 1.29 is 0 Å². The minimum absolute atomic E-state index is 0.931. The fourth-order valence-corrected chi connectivity index (χ4v) is 6.42. The molecule has 9 aromatic rings. The molecule has 0 amide bonds. The van der Waals surface area contributed by atoms with Crippen molar-refractivity contribution >= 4 is 54.1 Å². The smallest absolute Gasteiger partial charge is 0.0788 e. The van der Waals surface area contributed by atoms with Crippen LogP contribution in [0.2, 0.25) is 0 Å². The minimum atomic E-state index is 0.931.